The van der Waals surface area contributed by atoms with Crippen LogP contribution in [0.2, 0.25) is 0 Å². The number of allylic oxidation sites excluding steroid dienone is 3. The molecule has 2 aliphatic rings. The molecule has 0 bridgehead atoms. The number of amides is 1. The van der Waals surface area contributed by atoms with Crippen molar-refractivity contribution in [2.75, 3.05) is 14.2 Å². The molecule has 0 aromatic carbocycles. The molecule has 1 aliphatic carbocycles. The number of carbonyl (C=O) groups is 2. The number of rotatable bonds is 11. The van der Waals surface area contributed by atoms with Gasteiger partial charge in [-0.05, 0) is 19.3 Å². The van der Waals surface area contributed by atoms with Crippen molar-refractivity contribution in [2.24, 2.45) is 5.92 Å². The number of aliphatic hydroxyl groups is 1. The highest BCUT2D eigenvalue weighted by Crippen LogP contribution is 2.43. The Morgan fingerprint density at radius 2 is 1.94 bits per heavy atom. The number of nitrogens with one attached hydrogen (secondary N) is 1. The fourth-order valence-electron chi connectivity index (χ4n) is 4.81. The quantitative estimate of drug-likeness (QED) is 0.186. The second-order valence-corrected chi connectivity index (χ2v) is 10.3. The number of Topliss-reactive ketones (excluding diaryl/α,β-unsaturated/α-hetero) is 1. The van der Waals surface area contributed by atoms with Crippen LogP contribution in [0.15, 0.2) is 23.8 Å². The number of alkyl halides is 2. The number of unbranched alkanes of at least 4 members (excludes halogenated alkanes) is 3. The van der Waals surface area contributed by atoms with Gasteiger partial charge in [-0.15, -0.1) is 23.2 Å². The largest absolute Gasteiger partial charge is 0.384 e. The zero-order chi connectivity index (χ0) is 25.5. The summed E-state index contributed by atoms with van der Waals surface area (Å²) in [5, 5.41) is 12.0. The molecule has 2 N–H and O–H groups in total. The summed E-state index contributed by atoms with van der Waals surface area (Å²) in [6.07, 6.45) is 8.40. The van der Waals surface area contributed by atoms with Crippen molar-refractivity contribution in [2.45, 2.75) is 100 Å². The van der Waals surface area contributed by atoms with Crippen LogP contribution in [0.1, 0.15) is 59.3 Å². The van der Waals surface area contributed by atoms with Gasteiger partial charge in [-0.2, -0.15) is 0 Å². The van der Waals surface area contributed by atoms with Crippen molar-refractivity contribution >= 4 is 34.9 Å². The van der Waals surface area contributed by atoms with Gasteiger partial charge in [0.25, 0.3) is 0 Å². The van der Waals surface area contributed by atoms with Gasteiger partial charge in [-0.25, -0.2) is 0 Å². The second-order valence-electron chi connectivity index (χ2n) is 9.40. The Morgan fingerprint density at radius 3 is 2.56 bits per heavy atom. The fourth-order valence-corrected chi connectivity index (χ4v) is 5.74. The first-order valence-electron chi connectivity index (χ1n) is 12.0. The molecule has 0 radical (unpaired) electrons. The van der Waals surface area contributed by atoms with E-state index in [2.05, 4.69) is 25.2 Å². The van der Waals surface area contributed by atoms with Crippen LogP contribution in [0, 0.1) is 5.92 Å². The zero-order valence-corrected chi connectivity index (χ0v) is 22.3. The predicted octanol–water partition coefficient (Wildman–Crippen LogP) is 3.89. The van der Waals surface area contributed by atoms with Crippen molar-refractivity contribution in [1.82, 2.24) is 5.32 Å². The molecule has 1 aliphatic heterocycles. The van der Waals surface area contributed by atoms with E-state index in [1.165, 1.54) is 46.0 Å². The standard InChI is InChI=1S/C25H39Cl2NO6/c1-6-7-8-9-10-15(2)13-16(3)11-12-18(29)28-17-14-25(31)22(32-4)19(26)21(30)20(27)23(25)34-24(17)33-5/h11-13,15,17,19-20,22-24,31H,6-10,14H2,1-5H3,(H,28,29)/b12-11+,16-13+/t15-,17+,19-,20+,22+,23+,24-,25+/m1/s1. The number of methoxy groups -OCH3 is 2. The summed E-state index contributed by atoms with van der Waals surface area (Å²) in [5.74, 6) is -0.397. The van der Waals surface area contributed by atoms with Gasteiger partial charge in [0, 0.05) is 26.7 Å². The summed E-state index contributed by atoms with van der Waals surface area (Å²) in [5.41, 5.74) is -0.679. The van der Waals surface area contributed by atoms with Crippen LogP contribution < -0.4 is 5.32 Å². The van der Waals surface area contributed by atoms with Crippen molar-refractivity contribution in [3.63, 3.8) is 0 Å². The lowest BCUT2D eigenvalue weighted by Gasteiger charge is -2.53. The van der Waals surface area contributed by atoms with Gasteiger partial charge >= 0.3 is 0 Å². The predicted molar refractivity (Wildman–Crippen MR) is 133 cm³/mol. The molecule has 8 atom stereocenters. The van der Waals surface area contributed by atoms with Crippen molar-refractivity contribution in [1.29, 1.82) is 0 Å². The molecule has 7 nitrogen and oxygen atoms in total. The van der Waals surface area contributed by atoms with Gasteiger partial charge in [0.05, 0.1) is 6.04 Å². The van der Waals surface area contributed by atoms with Crippen LogP contribution in [0.4, 0.5) is 0 Å². The first-order chi connectivity index (χ1) is 16.1. The average molecular weight is 520 g/mol. The topological polar surface area (TPSA) is 94.1 Å². The van der Waals surface area contributed by atoms with E-state index in [1.54, 1.807) is 6.08 Å². The lowest BCUT2D eigenvalue weighted by molar-refractivity contribution is -0.283. The molecular weight excluding hydrogens is 481 g/mol. The highest BCUT2D eigenvalue weighted by molar-refractivity contribution is 6.41. The van der Waals surface area contributed by atoms with E-state index < -0.39 is 46.7 Å². The van der Waals surface area contributed by atoms with Gasteiger partial charge in [0.2, 0.25) is 5.91 Å². The Balaban J connectivity index is 2.04. The van der Waals surface area contributed by atoms with Crippen LogP contribution in [0.5, 0.6) is 0 Å². The molecule has 0 spiro atoms. The molecule has 0 aromatic rings. The lowest BCUT2D eigenvalue weighted by Crippen LogP contribution is -2.73. The average Bonchev–Trinajstić information content (AvgIpc) is 2.79. The summed E-state index contributed by atoms with van der Waals surface area (Å²) in [7, 11) is 2.78. The second kappa shape index (κ2) is 13.4. The van der Waals surface area contributed by atoms with Gasteiger partial charge in [-0.1, -0.05) is 57.3 Å². The number of ether oxygens (including phenoxy) is 3. The van der Waals surface area contributed by atoms with E-state index >= 15 is 0 Å². The number of halogens is 2. The van der Waals surface area contributed by atoms with Gasteiger partial charge in [-0.3, -0.25) is 9.59 Å². The van der Waals surface area contributed by atoms with Crippen molar-refractivity contribution in [3.05, 3.63) is 23.8 Å². The van der Waals surface area contributed by atoms with Gasteiger partial charge in [0.15, 0.2) is 12.1 Å². The SMILES string of the molecule is CCCCCC[C@@H](C)/C=C(C)/C=C/C(=O)N[C@H]1C[C@]2(O)[C@@H](OC)[C@H](Cl)C(=O)[C@H](Cl)[C@@H]2O[C@H]1OC. The third-order valence-electron chi connectivity index (χ3n) is 6.59. The number of ketones is 1. The molecule has 1 saturated carbocycles. The maximum absolute atomic E-state index is 12.6. The first-order valence-corrected chi connectivity index (χ1v) is 12.9. The molecule has 0 aromatic heterocycles. The van der Waals surface area contributed by atoms with E-state index in [-0.39, 0.29) is 12.3 Å². The summed E-state index contributed by atoms with van der Waals surface area (Å²) in [6, 6.07) is -0.705. The van der Waals surface area contributed by atoms with Crippen LogP contribution in [0.25, 0.3) is 0 Å². The summed E-state index contributed by atoms with van der Waals surface area (Å²) < 4.78 is 16.6. The van der Waals surface area contributed by atoms with E-state index in [1.807, 2.05) is 6.92 Å². The molecule has 2 fully saturated rings. The van der Waals surface area contributed by atoms with Crippen LogP contribution >= 0.6 is 23.2 Å². The molecule has 9 heteroatoms. The summed E-state index contributed by atoms with van der Waals surface area (Å²) in [6.45, 7) is 6.34. The summed E-state index contributed by atoms with van der Waals surface area (Å²) in [4.78, 5) is 25.0. The first kappa shape index (κ1) is 29.3. The smallest absolute Gasteiger partial charge is 0.244 e. The number of carbonyl (C=O) groups excluding carboxylic acids is 2. The maximum atomic E-state index is 12.6. The third kappa shape index (κ3) is 7.05. The highest BCUT2D eigenvalue weighted by Gasteiger charge is 2.63. The summed E-state index contributed by atoms with van der Waals surface area (Å²) >= 11 is 12.5. The minimum absolute atomic E-state index is 0.00239. The van der Waals surface area contributed by atoms with Crippen molar-refractivity contribution in [3.8, 4) is 0 Å². The van der Waals surface area contributed by atoms with Crippen LogP contribution in [-0.2, 0) is 23.8 Å². The van der Waals surface area contributed by atoms with Crippen LogP contribution in [-0.4, -0.2) is 71.9 Å². The van der Waals surface area contributed by atoms with E-state index in [0.717, 1.165) is 12.0 Å². The monoisotopic (exact) mass is 519 g/mol. The molecule has 1 saturated heterocycles. The fraction of sp³-hybridized carbons (Fsp3) is 0.760. The van der Waals surface area contributed by atoms with E-state index in [4.69, 9.17) is 37.4 Å². The Kier molecular flexibility index (Phi) is 11.5. The molecule has 1 heterocycles. The minimum atomic E-state index is -1.68. The maximum Gasteiger partial charge on any atom is 0.244 e. The lowest BCUT2D eigenvalue weighted by atomic mass is 9.73. The number of hydrogen-bond acceptors (Lipinski definition) is 6. The zero-order valence-electron chi connectivity index (χ0n) is 20.8. The minimum Gasteiger partial charge on any atom is -0.384 e. The van der Waals surface area contributed by atoms with Gasteiger partial charge in [0.1, 0.15) is 28.6 Å². The number of fused-ring (bicyclic) bond motifs is 1. The molecular formula is C25H39Cl2NO6. The van der Waals surface area contributed by atoms with E-state index in [9.17, 15) is 14.7 Å². The molecule has 0 unspecified atom stereocenters. The Hall–Kier alpha value is -0.960. The molecule has 194 valence electrons. The van der Waals surface area contributed by atoms with Crippen LogP contribution in [0.3, 0.4) is 0 Å². The Bertz CT molecular complexity index is 760. The molecule has 1 amide bonds. The van der Waals surface area contributed by atoms with E-state index in [0.29, 0.717) is 5.92 Å². The Labute approximate surface area is 213 Å². The number of hydrogen-bond donors (Lipinski definition) is 2. The third-order valence-corrected chi connectivity index (χ3v) is 7.48. The van der Waals surface area contributed by atoms with Crippen molar-refractivity contribution < 1.29 is 28.9 Å². The Morgan fingerprint density at radius 1 is 1.24 bits per heavy atom. The van der Waals surface area contributed by atoms with Gasteiger partial charge < -0.3 is 24.6 Å². The normalized spacial score (nSPS) is 35.3. The highest BCUT2D eigenvalue weighted by atomic mass is 35.5. The molecule has 2 rings (SSSR count). The molecule has 34 heavy (non-hydrogen) atoms.